The van der Waals surface area contributed by atoms with Gasteiger partial charge in [-0.1, -0.05) is 0 Å². The van der Waals surface area contributed by atoms with Crippen LogP contribution in [0.4, 0.5) is 5.82 Å². The molecule has 1 saturated heterocycles. The van der Waals surface area contributed by atoms with E-state index in [-0.39, 0.29) is 11.9 Å². The van der Waals surface area contributed by atoms with Gasteiger partial charge >= 0.3 is 0 Å². The molecule has 3 heterocycles. The van der Waals surface area contributed by atoms with Crippen LogP contribution in [0.25, 0.3) is 0 Å². The highest BCUT2D eigenvalue weighted by Gasteiger charge is 2.23. The number of hydrogen-bond donors (Lipinski definition) is 1. The highest BCUT2D eigenvalue weighted by molar-refractivity contribution is 9.10. The zero-order valence-electron chi connectivity index (χ0n) is 12.4. The Bertz CT molecular complexity index is 654. The van der Waals surface area contributed by atoms with Crippen LogP contribution in [0.1, 0.15) is 23.3 Å². The van der Waals surface area contributed by atoms with Gasteiger partial charge in [0, 0.05) is 43.0 Å². The lowest BCUT2D eigenvalue weighted by molar-refractivity contribution is 0.0928. The second kappa shape index (κ2) is 6.48. The predicted molar refractivity (Wildman–Crippen MR) is 87.8 cm³/mol. The van der Waals surface area contributed by atoms with Gasteiger partial charge in [0.15, 0.2) is 0 Å². The number of imidazole rings is 1. The number of amides is 1. The third-order valence-electron chi connectivity index (χ3n) is 3.73. The highest BCUT2D eigenvalue weighted by atomic mass is 79.9. The average molecular weight is 364 g/mol. The monoisotopic (exact) mass is 363 g/mol. The molecule has 116 valence electrons. The fourth-order valence-corrected chi connectivity index (χ4v) is 2.88. The van der Waals surface area contributed by atoms with Crippen molar-refractivity contribution >= 4 is 27.7 Å². The van der Waals surface area contributed by atoms with E-state index in [1.54, 1.807) is 23.3 Å². The maximum absolute atomic E-state index is 12.2. The van der Waals surface area contributed by atoms with Gasteiger partial charge in [-0.15, -0.1) is 0 Å². The number of aromatic nitrogens is 3. The number of carbonyl (C=O) groups excluding carboxylic acids is 1. The smallest absolute Gasteiger partial charge is 0.271 e. The summed E-state index contributed by atoms with van der Waals surface area (Å²) >= 11 is 3.39. The molecule has 0 radical (unpaired) electrons. The first kappa shape index (κ1) is 15.0. The normalized spacial score (nSPS) is 18.3. The topological polar surface area (TPSA) is 63.1 Å². The predicted octanol–water partition coefficient (Wildman–Crippen LogP) is 1.98. The number of hydrogen-bond acceptors (Lipinski definition) is 4. The number of nitrogens with zero attached hydrogens (tertiary/aromatic N) is 4. The van der Waals surface area contributed by atoms with Crippen LogP contribution >= 0.6 is 15.9 Å². The number of aryl methyl sites for hydroxylation is 1. The Morgan fingerprint density at radius 3 is 2.95 bits per heavy atom. The van der Waals surface area contributed by atoms with E-state index < -0.39 is 0 Å². The molecule has 7 heteroatoms. The summed E-state index contributed by atoms with van der Waals surface area (Å²) < 4.78 is 2.74. The maximum Gasteiger partial charge on any atom is 0.271 e. The zero-order valence-corrected chi connectivity index (χ0v) is 14.0. The second-order valence-electron chi connectivity index (χ2n) is 5.52. The van der Waals surface area contributed by atoms with E-state index in [2.05, 4.69) is 36.1 Å². The van der Waals surface area contributed by atoms with Crippen molar-refractivity contribution in [3.63, 3.8) is 0 Å². The number of nitrogens with one attached hydrogen (secondary N) is 1. The van der Waals surface area contributed by atoms with Gasteiger partial charge in [-0.3, -0.25) is 4.79 Å². The lowest BCUT2D eigenvalue weighted by Gasteiger charge is -2.33. The minimum atomic E-state index is -0.115. The third-order valence-corrected chi connectivity index (χ3v) is 4.20. The van der Waals surface area contributed by atoms with Crippen LogP contribution in [0.15, 0.2) is 35.3 Å². The van der Waals surface area contributed by atoms with Crippen molar-refractivity contribution in [2.24, 2.45) is 7.05 Å². The summed E-state index contributed by atoms with van der Waals surface area (Å²) in [4.78, 5) is 22.9. The molecule has 2 aromatic heterocycles. The van der Waals surface area contributed by atoms with E-state index in [4.69, 9.17) is 0 Å². The van der Waals surface area contributed by atoms with Crippen LogP contribution in [0, 0.1) is 0 Å². The standard InChI is InChI=1S/C15H18BrN5O/c1-20-9-13(18-10-20)15(22)19-12-3-2-6-21(8-12)14-5-4-11(16)7-17-14/h4-5,7,9-10,12H,2-3,6,8H2,1H3,(H,19,22). The summed E-state index contributed by atoms with van der Waals surface area (Å²) in [6.45, 7) is 1.73. The van der Waals surface area contributed by atoms with Crippen LogP contribution < -0.4 is 10.2 Å². The SMILES string of the molecule is Cn1cnc(C(=O)NC2CCCN(c3ccc(Br)cn3)C2)c1. The van der Waals surface area contributed by atoms with Crippen molar-refractivity contribution in [3.05, 3.63) is 41.0 Å². The van der Waals surface area contributed by atoms with Crippen LogP contribution in [-0.2, 0) is 7.05 Å². The molecular weight excluding hydrogens is 346 g/mol. The summed E-state index contributed by atoms with van der Waals surface area (Å²) in [5.74, 6) is 0.830. The quantitative estimate of drug-likeness (QED) is 0.905. The molecule has 1 fully saturated rings. The molecule has 1 unspecified atom stereocenters. The molecule has 2 aromatic rings. The number of anilines is 1. The number of rotatable bonds is 3. The third kappa shape index (κ3) is 3.47. The minimum Gasteiger partial charge on any atom is -0.355 e. The van der Waals surface area contributed by atoms with Crippen molar-refractivity contribution in [1.29, 1.82) is 0 Å². The van der Waals surface area contributed by atoms with Gasteiger partial charge in [0.05, 0.1) is 6.33 Å². The first-order valence-electron chi connectivity index (χ1n) is 7.27. The van der Waals surface area contributed by atoms with Crippen LogP contribution in [0.2, 0.25) is 0 Å². The van der Waals surface area contributed by atoms with Crippen molar-refractivity contribution in [2.75, 3.05) is 18.0 Å². The van der Waals surface area contributed by atoms with E-state index >= 15 is 0 Å². The Morgan fingerprint density at radius 2 is 2.27 bits per heavy atom. The first-order valence-corrected chi connectivity index (χ1v) is 8.06. The Morgan fingerprint density at radius 1 is 1.41 bits per heavy atom. The molecule has 1 atom stereocenters. The zero-order chi connectivity index (χ0) is 15.5. The van der Waals surface area contributed by atoms with Gasteiger partial charge in [0.25, 0.3) is 5.91 Å². The van der Waals surface area contributed by atoms with Gasteiger partial charge in [-0.2, -0.15) is 0 Å². The highest BCUT2D eigenvalue weighted by Crippen LogP contribution is 2.19. The Kier molecular flexibility index (Phi) is 4.42. The molecule has 1 N–H and O–H groups in total. The van der Waals surface area contributed by atoms with Gasteiger partial charge < -0.3 is 14.8 Å². The summed E-state index contributed by atoms with van der Waals surface area (Å²) in [6, 6.07) is 4.10. The maximum atomic E-state index is 12.2. The molecule has 1 aliphatic rings. The number of halogens is 1. The van der Waals surface area contributed by atoms with E-state index in [9.17, 15) is 4.79 Å². The number of pyridine rings is 1. The first-order chi connectivity index (χ1) is 10.6. The molecule has 0 aliphatic carbocycles. The van der Waals surface area contributed by atoms with Gasteiger partial charge in [-0.05, 0) is 40.9 Å². The van der Waals surface area contributed by atoms with Crippen LogP contribution in [-0.4, -0.2) is 39.6 Å². The van der Waals surface area contributed by atoms with Crippen molar-refractivity contribution in [1.82, 2.24) is 19.9 Å². The molecule has 3 rings (SSSR count). The summed E-state index contributed by atoms with van der Waals surface area (Å²) in [6.07, 6.45) is 7.17. The van der Waals surface area contributed by atoms with Gasteiger partial charge in [0.1, 0.15) is 11.5 Å². The molecule has 0 aromatic carbocycles. The molecule has 0 spiro atoms. The lowest BCUT2D eigenvalue weighted by Crippen LogP contribution is -2.48. The summed E-state index contributed by atoms with van der Waals surface area (Å²) in [7, 11) is 1.85. The molecule has 1 aliphatic heterocycles. The fourth-order valence-electron chi connectivity index (χ4n) is 2.65. The molecule has 0 saturated carbocycles. The number of carbonyl (C=O) groups is 1. The Hall–Kier alpha value is -1.89. The minimum absolute atomic E-state index is 0.115. The second-order valence-corrected chi connectivity index (χ2v) is 6.43. The fraction of sp³-hybridized carbons (Fsp3) is 0.400. The lowest BCUT2D eigenvalue weighted by atomic mass is 10.1. The molecule has 1 amide bonds. The molecule has 6 nitrogen and oxygen atoms in total. The summed E-state index contributed by atoms with van der Waals surface area (Å²) in [5.41, 5.74) is 0.460. The van der Waals surface area contributed by atoms with E-state index in [0.29, 0.717) is 5.69 Å². The van der Waals surface area contributed by atoms with E-state index in [0.717, 1.165) is 36.2 Å². The van der Waals surface area contributed by atoms with Crippen molar-refractivity contribution in [3.8, 4) is 0 Å². The van der Waals surface area contributed by atoms with Crippen molar-refractivity contribution in [2.45, 2.75) is 18.9 Å². The summed E-state index contributed by atoms with van der Waals surface area (Å²) in [5, 5.41) is 3.07. The number of piperidine rings is 1. The van der Waals surface area contributed by atoms with E-state index in [1.807, 2.05) is 19.2 Å². The van der Waals surface area contributed by atoms with Gasteiger partial charge in [0.2, 0.25) is 0 Å². The average Bonchev–Trinajstić information content (AvgIpc) is 2.95. The molecule has 22 heavy (non-hydrogen) atoms. The Balaban J connectivity index is 1.63. The molecular formula is C15H18BrN5O. The largest absolute Gasteiger partial charge is 0.355 e. The van der Waals surface area contributed by atoms with Crippen LogP contribution in [0.3, 0.4) is 0 Å². The van der Waals surface area contributed by atoms with Crippen LogP contribution in [0.5, 0.6) is 0 Å². The van der Waals surface area contributed by atoms with E-state index in [1.165, 1.54) is 0 Å². The molecule has 0 bridgehead atoms. The Labute approximate surface area is 137 Å². The van der Waals surface area contributed by atoms with Gasteiger partial charge in [-0.25, -0.2) is 9.97 Å². The van der Waals surface area contributed by atoms with Crippen molar-refractivity contribution < 1.29 is 4.79 Å².